The van der Waals surface area contributed by atoms with E-state index in [2.05, 4.69) is 21.8 Å². The van der Waals surface area contributed by atoms with Crippen LogP contribution in [-0.4, -0.2) is 16.1 Å². The van der Waals surface area contributed by atoms with Crippen LogP contribution < -0.4 is 5.32 Å². The summed E-state index contributed by atoms with van der Waals surface area (Å²) < 4.78 is 28.9. The Morgan fingerprint density at radius 2 is 2.10 bits per heavy atom. The first-order chi connectivity index (χ1) is 10.2. The molecule has 0 aliphatic carbocycles. The van der Waals surface area contributed by atoms with Gasteiger partial charge in [0.2, 0.25) is 0 Å². The van der Waals surface area contributed by atoms with Crippen LogP contribution >= 0.6 is 0 Å². The summed E-state index contributed by atoms with van der Waals surface area (Å²) in [5.74, 6) is -0.169. The minimum absolute atomic E-state index is 0.0866. The largest absolute Gasteiger partial charge is 0.334 e. The molecule has 1 N–H and O–H groups in total. The molecule has 0 saturated heterocycles. The van der Waals surface area contributed by atoms with Crippen molar-refractivity contribution in [1.82, 2.24) is 14.9 Å². The van der Waals surface area contributed by atoms with E-state index in [9.17, 15) is 8.78 Å². The number of hydrogen-bond acceptors (Lipinski definition) is 2. The highest BCUT2D eigenvalue weighted by Crippen LogP contribution is 2.20. The van der Waals surface area contributed by atoms with Crippen LogP contribution in [0.4, 0.5) is 8.78 Å². The van der Waals surface area contributed by atoms with Crippen LogP contribution in [0.3, 0.4) is 0 Å². The first-order valence-corrected chi connectivity index (χ1v) is 7.34. The second kappa shape index (κ2) is 7.31. The summed E-state index contributed by atoms with van der Waals surface area (Å²) in [7, 11) is 0. The zero-order valence-electron chi connectivity index (χ0n) is 12.4. The van der Waals surface area contributed by atoms with Crippen molar-refractivity contribution in [2.45, 2.75) is 39.3 Å². The van der Waals surface area contributed by atoms with Crippen LogP contribution in [0.5, 0.6) is 0 Å². The number of aryl methyl sites for hydroxylation is 1. The van der Waals surface area contributed by atoms with E-state index >= 15 is 0 Å². The Labute approximate surface area is 124 Å². The molecule has 1 heterocycles. The van der Waals surface area contributed by atoms with Gasteiger partial charge in [-0.1, -0.05) is 19.9 Å². The summed E-state index contributed by atoms with van der Waals surface area (Å²) in [4.78, 5) is 4.40. The van der Waals surface area contributed by atoms with Crippen molar-refractivity contribution < 1.29 is 8.78 Å². The van der Waals surface area contributed by atoms with E-state index in [4.69, 9.17) is 0 Å². The van der Waals surface area contributed by atoms with Gasteiger partial charge >= 0.3 is 0 Å². The molecular weight excluding hydrogens is 272 g/mol. The molecule has 114 valence electrons. The standard InChI is InChI=1S/C16H21F2N3/c1-3-8-21-9-7-20-16(21)15(19-4-2)10-12-5-6-13(17)11-14(12)18/h5-7,9,11,15,19H,3-4,8,10H2,1-2H3. The lowest BCUT2D eigenvalue weighted by atomic mass is 10.0. The summed E-state index contributed by atoms with van der Waals surface area (Å²) in [5, 5.41) is 3.33. The monoisotopic (exact) mass is 293 g/mol. The predicted octanol–water partition coefficient (Wildman–Crippen LogP) is 3.46. The third-order valence-electron chi connectivity index (χ3n) is 3.41. The molecule has 1 atom stereocenters. The van der Waals surface area contributed by atoms with Crippen molar-refractivity contribution in [1.29, 1.82) is 0 Å². The third kappa shape index (κ3) is 3.88. The molecule has 0 spiro atoms. The van der Waals surface area contributed by atoms with Gasteiger partial charge in [0, 0.05) is 25.0 Å². The van der Waals surface area contributed by atoms with Gasteiger partial charge in [-0.05, 0) is 31.0 Å². The highest BCUT2D eigenvalue weighted by molar-refractivity contribution is 5.21. The minimum Gasteiger partial charge on any atom is -0.334 e. The number of halogens is 2. The molecule has 2 rings (SSSR count). The summed E-state index contributed by atoms with van der Waals surface area (Å²) in [5.41, 5.74) is 0.494. The van der Waals surface area contributed by atoms with E-state index in [1.165, 1.54) is 12.1 Å². The molecule has 0 fully saturated rings. The minimum atomic E-state index is -0.552. The topological polar surface area (TPSA) is 29.9 Å². The van der Waals surface area contributed by atoms with E-state index in [-0.39, 0.29) is 6.04 Å². The van der Waals surface area contributed by atoms with E-state index in [1.54, 1.807) is 6.20 Å². The fourth-order valence-corrected chi connectivity index (χ4v) is 2.47. The Kier molecular flexibility index (Phi) is 5.44. The Morgan fingerprint density at radius 1 is 1.29 bits per heavy atom. The van der Waals surface area contributed by atoms with Gasteiger partial charge in [-0.25, -0.2) is 13.8 Å². The quantitative estimate of drug-likeness (QED) is 0.847. The van der Waals surface area contributed by atoms with Crippen LogP contribution in [0, 0.1) is 11.6 Å². The van der Waals surface area contributed by atoms with Gasteiger partial charge in [-0.15, -0.1) is 0 Å². The molecule has 3 nitrogen and oxygen atoms in total. The normalized spacial score (nSPS) is 12.6. The van der Waals surface area contributed by atoms with Gasteiger partial charge in [0.1, 0.15) is 17.5 Å². The Hall–Kier alpha value is -1.75. The van der Waals surface area contributed by atoms with Gasteiger partial charge in [-0.2, -0.15) is 0 Å². The van der Waals surface area contributed by atoms with Crippen molar-refractivity contribution in [2.75, 3.05) is 6.54 Å². The lowest BCUT2D eigenvalue weighted by Crippen LogP contribution is -2.26. The van der Waals surface area contributed by atoms with Crippen molar-refractivity contribution >= 4 is 0 Å². The molecule has 0 aliphatic rings. The number of likely N-dealkylation sites (N-methyl/N-ethyl adjacent to an activating group) is 1. The first kappa shape index (κ1) is 15.6. The van der Waals surface area contributed by atoms with Crippen molar-refractivity contribution in [3.05, 3.63) is 53.6 Å². The summed E-state index contributed by atoms with van der Waals surface area (Å²) in [6.45, 7) is 5.74. The summed E-state index contributed by atoms with van der Waals surface area (Å²) >= 11 is 0. The van der Waals surface area contributed by atoms with Crippen LogP contribution in [0.2, 0.25) is 0 Å². The number of imidazole rings is 1. The van der Waals surface area contributed by atoms with Crippen LogP contribution in [-0.2, 0) is 13.0 Å². The van der Waals surface area contributed by atoms with Crippen molar-refractivity contribution in [2.24, 2.45) is 0 Å². The van der Waals surface area contributed by atoms with E-state index in [0.29, 0.717) is 12.0 Å². The molecule has 1 unspecified atom stereocenters. The molecular formula is C16H21F2N3. The van der Waals surface area contributed by atoms with E-state index in [1.807, 2.05) is 13.1 Å². The van der Waals surface area contributed by atoms with Gasteiger partial charge in [0.25, 0.3) is 0 Å². The Bertz CT molecular complexity index is 581. The van der Waals surface area contributed by atoms with Gasteiger partial charge in [-0.3, -0.25) is 0 Å². The summed E-state index contributed by atoms with van der Waals surface area (Å²) in [6.07, 6.45) is 5.15. The predicted molar refractivity (Wildman–Crippen MR) is 79.0 cm³/mol. The second-order valence-corrected chi connectivity index (χ2v) is 5.03. The second-order valence-electron chi connectivity index (χ2n) is 5.03. The number of benzene rings is 1. The maximum absolute atomic E-state index is 13.8. The lowest BCUT2D eigenvalue weighted by Gasteiger charge is -2.19. The smallest absolute Gasteiger partial charge is 0.129 e. The molecule has 5 heteroatoms. The van der Waals surface area contributed by atoms with Gasteiger partial charge in [0.05, 0.1) is 6.04 Å². The van der Waals surface area contributed by atoms with Gasteiger partial charge in [0.15, 0.2) is 0 Å². The average molecular weight is 293 g/mol. The van der Waals surface area contributed by atoms with E-state index in [0.717, 1.165) is 31.4 Å². The molecule has 1 aromatic carbocycles. The zero-order valence-corrected chi connectivity index (χ0v) is 12.4. The molecule has 0 saturated carbocycles. The van der Waals surface area contributed by atoms with Crippen LogP contribution in [0.1, 0.15) is 37.7 Å². The number of rotatable bonds is 7. The summed E-state index contributed by atoms with van der Waals surface area (Å²) in [6, 6.07) is 3.63. The molecule has 0 aliphatic heterocycles. The highest BCUT2D eigenvalue weighted by atomic mass is 19.1. The number of aromatic nitrogens is 2. The number of hydrogen-bond donors (Lipinski definition) is 1. The fourth-order valence-electron chi connectivity index (χ4n) is 2.47. The van der Waals surface area contributed by atoms with Gasteiger partial charge < -0.3 is 9.88 Å². The Morgan fingerprint density at radius 3 is 2.76 bits per heavy atom. The molecule has 0 radical (unpaired) electrons. The van der Waals surface area contributed by atoms with E-state index < -0.39 is 11.6 Å². The number of nitrogens with one attached hydrogen (secondary N) is 1. The van der Waals surface area contributed by atoms with Crippen LogP contribution in [0.25, 0.3) is 0 Å². The van der Waals surface area contributed by atoms with Crippen molar-refractivity contribution in [3.63, 3.8) is 0 Å². The van der Waals surface area contributed by atoms with Crippen molar-refractivity contribution in [3.8, 4) is 0 Å². The number of nitrogens with zero attached hydrogens (tertiary/aromatic N) is 2. The first-order valence-electron chi connectivity index (χ1n) is 7.34. The SMILES string of the molecule is CCCn1ccnc1C(Cc1ccc(F)cc1F)NCC. The molecule has 1 aromatic heterocycles. The lowest BCUT2D eigenvalue weighted by molar-refractivity contribution is 0.476. The van der Waals surface area contributed by atoms with Crippen LogP contribution in [0.15, 0.2) is 30.6 Å². The molecule has 2 aromatic rings. The maximum atomic E-state index is 13.8. The average Bonchev–Trinajstić information content (AvgIpc) is 2.90. The third-order valence-corrected chi connectivity index (χ3v) is 3.41. The maximum Gasteiger partial charge on any atom is 0.129 e. The molecule has 0 bridgehead atoms. The Balaban J connectivity index is 2.24. The highest BCUT2D eigenvalue weighted by Gasteiger charge is 2.18. The fraction of sp³-hybridized carbons (Fsp3) is 0.438. The molecule has 0 amide bonds. The zero-order chi connectivity index (χ0) is 15.2. The molecule has 21 heavy (non-hydrogen) atoms.